The van der Waals surface area contributed by atoms with Crippen LogP contribution in [0.25, 0.3) is 22.0 Å². The highest BCUT2D eigenvalue weighted by Crippen LogP contribution is 2.54. The highest BCUT2D eigenvalue weighted by atomic mass is 28.4. The molecule has 1 aliphatic carbocycles. The fourth-order valence-corrected chi connectivity index (χ4v) is 8.91. The van der Waals surface area contributed by atoms with Gasteiger partial charge in [-0.25, -0.2) is 4.39 Å². The zero-order valence-corrected chi connectivity index (χ0v) is 29.9. The maximum absolute atomic E-state index is 15.5. The quantitative estimate of drug-likeness (QED) is 0.193. The van der Waals surface area contributed by atoms with Gasteiger partial charge in [-0.3, -0.25) is 14.4 Å². The Balaban J connectivity index is 1.49. The Morgan fingerprint density at radius 2 is 1.85 bits per heavy atom. The minimum atomic E-state index is -2.29. The summed E-state index contributed by atoms with van der Waals surface area (Å²) in [6.45, 7) is 14.3. The van der Waals surface area contributed by atoms with Gasteiger partial charge < -0.3 is 14.7 Å². The van der Waals surface area contributed by atoms with E-state index in [1.807, 2.05) is 36.3 Å². The molecule has 7 nitrogen and oxygen atoms in total. The second kappa shape index (κ2) is 11.8. The van der Waals surface area contributed by atoms with Crippen LogP contribution in [0.5, 0.6) is 0 Å². The molecule has 4 heterocycles. The zero-order chi connectivity index (χ0) is 33.2. The molecule has 47 heavy (non-hydrogen) atoms. The normalized spacial score (nSPS) is 22.0. The minimum Gasteiger partial charge on any atom is -0.414 e. The molecule has 4 aromatic rings. The number of ketones is 1. The lowest BCUT2D eigenvalue weighted by Crippen LogP contribution is -2.66. The second-order valence-corrected chi connectivity index (χ2v) is 20.7. The predicted molar refractivity (Wildman–Crippen MR) is 188 cm³/mol. The first kappa shape index (κ1) is 32.4. The summed E-state index contributed by atoms with van der Waals surface area (Å²) in [5.41, 5.74) is 4.76. The average molecular weight is 656 g/mol. The molecule has 0 amide bonds. The Labute approximate surface area is 279 Å². The molecule has 2 aromatic heterocycles. The summed E-state index contributed by atoms with van der Waals surface area (Å²) in [5.74, 6) is -0.0398. The number of carbonyl (C=O) groups is 1. The number of benzene rings is 2. The van der Waals surface area contributed by atoms with Crippen molar-refractivity contribution in [1.29, 1.82) is 0 Å². The minimum absolute atomic E-state index is 0.0308. The van der Waals surface area contributed by atoms with Crippen LogP contribution in [-0.4, -0.2) is 60.0 Å². The van der Waals surface area contributed by atoms with E-state index in [2.05, 4.69) is 72.4 Å². The van der Waals surface area contributed by atoms with Crippen molar-refractivity contribution in [2.45, 2.75) is 88.5 Å². The van der Waals surface area contributed by atoms with Gasteiger partial charge in [0, 0.05) is 59.7 Å². The number of nitrogens with one attached hydrogen (secondary N) is 2. The van der Waals surface area contributed by atoms with E-state index in [9.17, 15) is 0 Å². The third-order valence-corrected chi connectivity index (χ3v) is 16.5. The van der Waals surface area contributed by atoms with E-state index in [4.69, 9.17) is 4.43 Å². The van der Waals surface area contributed by atoms with E-state index in [1.54, 1.807) is 6.07 Å². The van der Waals surface area contributed by atoms with Crippen LogP contribution in [0, 0.1) is 11.7 Å². The van der Waals surface area contributed by atoms with E-state index < -0.39 is 13.9 Å². The summed E-state index contributed by atoms with van der Waals surface area (Å²) >= 11 is 0. The van der Waals surface area contributed by atoms with Crippen molar-refractivity contribution in [3.63, 3.8) is 0 Å². The molecule has 0 radical (unpaired) electrons. The number of nitrogens with zero attached hydrogens (tertiary/aromatic N) is 3. The molecule has 2 aromatic carbocycles. The third kappa shape index (κ3) is 5.43. The largest absolute Gasteiger partial charge is 0.414 e. The van der Waals surface area contributed by atoms with Gasteiger partial charge in [-0.1, -0.05) is 57.5 Å². The highest BCUT2D eigenvalue weighted by Gasteiger charge is 2.59. The Hall–Kier alpha value is -3.11. The van der Waals surface area contributed by atoms with Crippen molar-refractivity contribution in [2.24, 2.45) is 13.0 Å². The maximum Gasteiger partial charge on any atom is 0.192 e. The standard InChI is InChI=1S/C38H50FN5O2Si/c1-36(2,3)47(5,6)46-25-38(35(45)26-11-9-12-26)34-33(30-15-14-27(20-32(30)42-34)29-21-41-43(4)22-29)37(16-18-40-19-17-37)24-44(38)23-28-10-7-8-13-31(28)39/h7-8,10,13-15,20-22,26,40,42H,9,11-12,16-19,23-25H2,1-6H3. The molecular weight excluding hydrogens is 606 g/mol. The van der Waals surface area contributed by atoms with Crippen molar-refractivity contribution in [2.75, 3.05) is 26.2 Å². The van der Waals surface area contributed by atoms with E-state index >= 15 is 9.18 Å². The smallest absolute Gasteiger partial charge is 0.192 e. The lowest BCUT2D eigenvalue weighted by molar-refractivity contribution is -0.145. The first-order valence-corrected chi connectivity index (χ1v) is 20.3. The fourth-order valence-electron chi connectivity index (χ4n) is 7.91. The summed E-state index contributed by atoms with van der Waals surface area (Å²) in [4.78, 5) is 21.6. The van der Waals surface area contributed by atoms with Gasteiger partial charge >= 0.3 is 0 Å². The lowest BCUT2D eigenvalue weighted by atomic mass is 9.62. The van der Waals surface area contributed by atoms with E-state index in [0.29, 0.717) is 18.7 Å². The molecule has 7 rings (SSSR count). The zero-order valence-electron chi connectivity index (χ0n) is 28.9. The molecule has 2 N–H and O–H groups in total. The molecule has 1 atom stereocenters. The molecule has 1 spiro atoms. The average Bonchev–Trinajstić information content (AvgIpc) is 3.61. The van der Waals surface area contributed by atoms with Crippen LogP contribution in [0.15, 0.2) is 54.9 Å². The number of fused-ring (bicyclic) bond motifs is 4. The van der Waals surface area contributed by atoms with E-state index in [0.717, 1.165) is 67.5 Å². The third-order valence-electron chi connectivity index (χ3n) is 12.0. The van der Waals surface area contributed by atoms with Crippen molar-refractivity contribution in [3.8, 4) is 11.1 Å². The number of hydrogen-bond donors (Lipinski definition) is 2. The van der Waals surface area contributed by atoms with Crippen molar-refractivity contribution in [1.82, 2.24) is 25.0 Å². The van der Waals surface area contributed by atoms with Gasteiger partial charge in [0.1, 0.15) is 11.4 Å². The molecular formula is C38H50FN5O2Si. The summed E-state index contributed by atoms with van der Waals surface area (Å²) in [7, 11) is -0.353. The van der Waals surface area contributed by atoms with Gasteiger partial charge in [-0.2, -0.15) is 5.10 Å². The number of Topliss-reactive ketones (excluding diaryl/α,β-unsaturated/α-hetero) is 1. The van der Waals surface area contributed by atoms with Crippen LogP contribution in [0.2, 0.25) is 18.1 Å². The summed E-state index contributed by atoms with van der Waals surface area (Å²) in [6.07, 6.45) is 8.67. The van der Waals surface area contributed by atoms with E-state index in [-0.39, 0.29) is 34.6 Å². The molecule has 250 valence electrons. The molecule has 9 heteroatoms. The summed E-state index contributed by atoms with van der Waals surface area (Å²) in [6, 6.07) is 13.7. The lowest BCUT2D eigenvalue weighted by Gasteiger charge is -2.56. The van der Waals surface area contributed by atoms with Crippen molar-refractivity contribution >= 4 is 25.0 Å². The van der Waals surface area contributed by atoms with Crippen LogP contribution in [0.1, 0.15) is 69.7 Å². The molecule has 3 aliphatic rings. The predicted octanol–water partition coefficient (Wildman–Crippen LogP) is 7.43. The molecule has 1 unspecified atom stereocenters. The topological polar surface area (TPSA) is 75.2 Å². The number of aromatic amines is 1. The Morgan fingerprint density at radius 1 is 1.11 bits per heavy atom. The maximum atomic E-state index is 15.5. The van der Waals surface area contributed by atoms with E-state index in [1.165, 1.54) is 17.0 Å². The Bertz CT molecular complexity index is 1790. The number of H-pyrrole nitrogens is 1. The number of halogens is 1. The summed E-state index contributed by atoms with van der Waals surface area (Å²) < 4.78 is 24.5. The van der Waals surface area contributed by atoms with Crippen molar-refractivity contribution < 1.29 is 13.6 Å². The number of carbonyl (C=O) groups excluding carboxylic acids is 1. The van der Waals surface area contributed by atoms with Gasteiger partial charge in [-0.15, -0.1) is 0 Å². The van der Waals surface area contributed by atoms with Crippen molar-refractivity contribution in [3.05, 3.63) is 77.5 Å². The Morgan fingerprint density at radius 3 is 2.49 bits per heavy atom. The number of aromatic nitrogens is 3. The molecule has 2 aliphatic heterocycles. The molecule has 0 bridgehead atoms. The van der Waals surface area contributed by atoms with Gasteiger partial charge in [0.15, 0.2) is 14.1 Å². The first-order chi connectivity index (χ1) is 22.3. The van der Waals surface area contributed by atoms with Crippen LogP contribution in [0.3, 0.4) is 0 Å². The molecule has 2 fully saturated rings. The number of rotatable bonds is 8. The first-order valence-electron chi connectivity index (χ1n) is 17.4. The van der Waals surface area contributed by atoms with Gasteiger partial charge in [0.25, 0.3) is 0 Å². The SMILES string of the molecule is Cn1cc(-c2ccc3c4c([nH]c3c2)C(CO[Si](C)(C)C(C)(C)C)(C(=O)C2CCC2)N(Cc2ccccc2F)CC42CCNCC2)cn1. The number of piperidine rings is 1. The van der Waals surface area contributed by atoms with Gasteiger partial charge in [-0.05, 0) is 80.2 Å². The second-order valence-electron chi connectivity index (χ2n) is 15.9. The van der Waals surface area contributed by atoms with Crippen LogP contribution in [-0.2, 0) is 33.8 Å². The number of hydrogen-bond acceptors (Lipinski definition) is 5. The van der Waals surface area contributed by atoms with Crippen LogP contribution in [0.4, 0.5) is 4.39 Å². The monoisotopic (exact) mass is 655 g/mol. The summed E-state index contributed by atoms with van der Waals surface area (Å²) in [5, 5.41) is 9.16. The number of aryl methyl sites for hydroxylation is 1. The van der Waals surface area contributed by atoms with Gasteiger partial charge in [0.2, 0.25) is 0 Å². The fraction of sp³-hybridized carbons (Fsp3) is 0.526. The molecule has 1 saturated heterocycles. The van der Waals surface area contributed by atoms with Crippen LogP contribution >= 0.6 is 0 Å². The Kier molecular flexibility index (Phi) is 8.14. The highest BCUT2D eigenvalue weighted by molar-refractivity contribution is 6.74. The van der Waals surface area contributed by atoms with Gasteiger partial charge in [0.05, 0.1) is 18.5 Å². The van der Waals surface area contributed by atoms with Crippen LogP contribution < -0.4 is 5.32 Å². The molecule has 1 saturated carbocycles.